The summed E-state index contributed by atoms with van der Waals surface area (Å²) in [6.07, 6.45) is 8.31. The van der Waals surface area contributed by atoms with Gasteiger partial charge in [0.1, 0.15) is 6.10 Å². The number of piperidine rings is 2. The average Bonchev–Trinajstić information content (AvgIpc) is 3.13. The van der Waals surface area contributed by atoms with Gasteiger partial charge in [0.15, 0.2) is 0 Å². The SMILES string of the molecule is C[C@@H](OC[C@@H]1CCCO1)C(=O)N1CCC(N2CCCCC2)CC1. The first-order chi connectivity index (χ1) is 11.2. The van der Waals surface area contributed by atoms with Gasteiger partial charge in [0.2, 0.25) is 0 Å². The standard InChI is InChI=1S/C18H32N2O3/c1-15(23-14-17-6-5-13-22-17)18(21)20-11-7-16(8-12-20)19-9-3-2-4-10-19/h15-17H,2-14H2,1H3/t15-,17+/m1/s1. The van der Waals surface area contributed by atoms with Crippen molar-refractivity contribution in [3.8, 4) is 0 Å². The van der Waals surface area contributed by atoms with Crippen molar-refractivity contribution in [2.45, 2.75) is 70.1 Å². The summed E-state index contributed by atoms with van der Waals surface area (Å²) in [5.41, 5.74) is 0. The number of likely N-dealkylation sites (tertiary alicyclic amines) is 2. The van der Waals surface area contributed by atoms with Crippen LogP contribution in [-0.2, 0) is 14.3 Å². The molecule has 0 aromatic carbocycles. The van der Waals surface area contributed by atoms with E-state index in [9.17, 15) is 4.79 Å². The summed E-state index contributed by atoms with van der Waals surface area (Å²) < 4.78 is 11.3. The highest BCUT2D eigenvalue weighted by Gasteiger charge is 2.30. The molecule has 0 bridgehead atoms. The first-order valence-electron chi connectivity index (χ1n) is 9.50. The number of hydrogen-bond acceptors (Lipinski definition) is 4. The number of carbonyl (C=O) groups excluding carboxylic acids is 1. The molecule has 23 heavy (non-hydrogen) atoms. The lowest BCUT2D eigenvalue weighted by molar-refractivity contribution is -0.146. The van der Waals surface area contributed by atoms with E-state index in [1.165, 1.54) is 32.4 Å². The maximum absolute atomic E-state index is 12.5. The number of amides is 1. The Kier molecular flexibility index (Phi) is 6.31. The molecule has 5 nitrogen and oxygen atoms in total. The van der Waals surface area contributed by atoms with Crippen molar-refractivity contribution in [2.75, 3.05) is 39.4 Å². The van der Waals surface area contributed by atoms with Crippen molar-refractivity contribution in [3.63, 3.8) is 0 Å². The Morgan fingerprint density at radius 2 is 1.83 bits per heavy atom. The van der Waals surface area contributed by atoms with Crippen LogP contribution >= 0.6 is 0 Å². The minimum atomic E-state index is -0.342. The van der Waals surface area contributed by atoms with Gasteiger partial charge in [0, 0.05) is 25.7 Å². The molecular formula is C18H32N2O3. The quantitative estimate of drug-likeness (QED) is 0.776. The highest BCUT2D eigenvalue weighted by molar-refractivity contribution is 5.80. The van der Waals surface area contributed by atoms with Gasteiger partial charge in [-0.3, -0.25) is 4.79 Å². The molecule has 2 atom stereocenters. The van der Waals surface area contributed by atoms with Crippen LogP contribution in [0, 0.1) is 0 Å². The molecule has 0 aromatic rings. The summed E-state index contributed by atoms with van der Waals surface area (Å²) in [7, 11) is 0. The fourth-order valence-electron chi connectivity index (χ4n) is 4.09. The second kappa shape index (κ2) is 8.45. The summed E-state index contributed by atoms with van der Waals surface area (Å²) in [6, 6.07) is 0.683. The van der Waals surface area contributed by atoms with E-state index in [1.807, 2.05) is 11.8 Å². The maximum atomic E-state index is 12.5. The molecule has 3 aliphatic heterocycles. The number of hydrogen-bond donors (Lipinski definition) is 0. The Balaban J connectivity index is 1.38. The summed E-state index contributed by atoms with van der Waals surface area (Å²) in [4.78, 5) is 17.2. The third-order valence-electron chi connectivity index (χ3n) is 5.59. The summed E-state index contributed by atoms with van der Waals surface area (Å²) in [5.74, 6) is 0.153. The second-order valence-corrected chi connectivity index (χ2v) is 7.26. The molecule has 0 aliphatic carbocycles. The van der Waals surface area contributed by atoms with Gasteiger partial charge in [-0.25, -0.2) is 0 Å². The monoisotopic (exact) mass is 324 g/mol. The van der Waals surface area contributed by atoms with Crippen LogP contribution in [0.25, 0.3) is 0 Å². The van der Waals surface area contributed by atoms with Crippen LogP contribution < -0.4 is 0 Å². The second-order valence-electron chi connectivity index (χ2n) is 7.26. The molecule has 1 amide bonds. The van der Waals surface area contributed by atoms with Gasteiger partial charge < -0.3 is 19.3 Å². The van der Waals surface area contributed by atoms with E-state index in [0.717, 1.165) is 45.4 Å². The van der Waals surface area contributed by atoms with Crippen LogP contribution in [0.5, 0.6) is 0 Å². The molecule has 0 saturated carbocycles. The Hall–Kier alpha value is -0.650. The van der Waals surface area contributed by atoms with Gasteiger partial charge in [-0.2, -0.15) is 0 Å². The zero-order valence-corrected chi connectivity index (χ0v) is 14.5. The molecule has 0 radical (unpaired) electrons. The number of rotatable bonds is 5. The van der Waals surface area contributed by atoms with Crippen LogP contribution in [0.2, 0.25) is 0 Å². The molecule has 3 heterocycles. The predicted molar refractivity (Wildman–Crippen MR) is 89.4 cm³/mol. The third kappa shape index (κ3) is 4.68. The lowest BCUT2D eigenvalue weighted by Crippen LogP contribution is -2.50. The van der Waals surface area contributed by atoms with E-state index in [1.54, 1.807) is 0 Å². The third-order valence-corrected chi connectivity index (χ3v) is 5.59. The molecule has 3 rings (SSSR count). The van der Waals surface area contributed by atoms with Gasteiger partial charge in [0.05, 0.1) is 12.7 Å². The number of carbonyl (C=O) groups is 1. The number of nitrogens with zero attached hydrogens (tertiary/aromatic N) is 2. The highest BCUT2D eigenvalue weighted by Crippen LogP contribution is 2.21. The van der Waals surface area contributed by atoms with E-state index in [-0.39, 0.29) is 18.1 Å². The largest absolute Gasteiger partial charge is 0.376 e. The summed E-state index contributed by atoms with van der Waals surface area (Å²) in [5, 5.41) is 0. The summed E-state index contributed by atoms with van der Waals surface area (Å²) >= 11 is 0. The Bertz CT molecular complexity index is 370. The molecular weight excluding hydrogens is 292 g/mol. The number of ether oxygens (including phenoxy) is 2. The smallest absolute Gasteiger partial charge is 0.251 e. The minimum Gasteiger partial charge on any atom is -0.376 e. The van der Waals surface area contributed by atoms with Crippen molar-refractivity contribution in [3.05, 3.63) is 0 Å². The predicted octanol–water partition coefficient (Wildman–Crippen LogP) is 2.05. The molecule has 0 spiro atoms. The lowest BCUT2D eigenvalue weighted by Gasteiger charge is -2.40. The first-order valence-corrected chi connectivity index (χ1v) is 9.50. The van der Waals surface area contributed by atoms with Gasteiger partial charge in [-0.15, -0.1) is 0 Å². The molecule has 3 saturated heterocycles. The minimum absolute atomic E-state index is 0.153. The van der Waals surface area contributed by atoms with Crippen LogP contribution in [0.1, 0.15) is 51.9 Å². The van der Waals surface area contributed by atoms with Crippen LogP contribution in [0.15, 0.2) is 0 Å². The maximum Gasteiger partial charge on any atom is 0.251 e. The van der Waals surface area contributed by atoms with Gasteiger partial charge >= 0.3 is 0 Å². The van der Waals surface area contributed by atoms with Crippen LogP contribution in [0.3, 0.4) is 0 Å². The topological polar surface area (TPSA) is 42.0 Å². The first kappa shape index (κ1) is 17.2. The molecule has 5 heteroatoms. The van der Waals surface area contributed by atoms with Crippen LogP contribution in [-0.4, -0.2) is 73.3 Å². The van der Waals surface area contributed by atoms with E-state index < -0.39 is 0 Å². The van der Waals surface area contributed by atoms with E-state index in [4.69, 9.17) is 9.47 Å². The fourth-order valence-corrected chi connectivity index (χ4v) is 4.09. The molecule has 0 aromatic heterocycles. The molecule has 0 unspecified atom stereocenters. The van der Waals surface area contributed by atoms with Crippen molar-refractivity contribution in [1.82, 2.24) is 9.80 Å². The van der Waals surface area contributed by atoms with Gasteiger partial charge in [-0.05, 0) is 58.5 Å². The van der Waals surface area contributed by atoms with E-state index in [0.29, 0.717) is 12.6 Å². The zero-order valence-electron chi connectivity index (χ0n) is 14.5. The Morgan fingerprint density at radius 1 is 1.09 bits per heavy atom. The van der Waals surface area contributed by atoms with Gasteiger partial charge in [0.25, 0.3) is 5.91 Å². The van der Waals surface area contributed by atoms with Crippen molar-refractivity contribution in [1.29, 1.82) is 0 Å². The van der Waals surface area contributed by atoms with Gasteiger partial charge in [-0.1, -0.05) is 6.42 Å². The molecule has 3 fully saturated rings. The zero-order chi connectivity index (χ0) is 16.1. The Labute approximate surface area is 140 Å². The van der Waals surface area contributed by atoms with E-state index in [2.05, 4.69) is 4.90 Å². The van der Waals surface area contributed by atoms with Crippen molar-refractivity contribution < 1.29 is 14.3 Å². The normalized spacial score (nSPS) is 28.9. The van der Waals surface area contributed by atoms with Crippen molar-refractivity contribution >= 4 is 5.91 Å². The Morgan fingerprint density at radius 3 is 2.48 bits per heavy atom. The van der Waals surface area contributed by atoms with E-state index >= 15 is 0 Å². The highest BCUT2D eigenvalue weighted by atomic mass is 16.5. The van der Waals surface area contributed by atoms with Crippen LogP contribution in [0.4, 0.5) is 0 Å². The fraction of sp³-hybridized carbons (Fsp3) is 0.944. The lowest BCUT2D eigenvalue weighted by atomic mass is 9.99. The average molecular weight is 324 g/mol. The van der Waals surface area contributed by atoms with Crippen molar-refractivity contribution in [2.24, 2.45) is 0 Å². The molecule has 0 N–H and O–H groups in total. The summed E-state index contributed by atoms with van der Waals surface area (Å²) in [6.45, 7) is 7.53. The molecule has 132 valence electrons. The molecule has 3 aliphatic rings.